The second-order valence-corrected chi connectivity index (χ2v) is 7.62. The van der Waals surface area contributed by atoms with Crippen molar-refractivity contribution in [2.45, 2.75) is 0 Å². The molecule has 178 valence electrons. The number of methoxy groups -OCH3 is 1. The van der Waals surface area contributed by atoms with E-state index in [1.807, 2.05) is 4.90 Å². The molecule has 0 atom stereocenters. The molecule has 1 N–H and O–H groups in total. The van der Waals surface area contributed by atoms with Crippen LogP contribution in [-0.4, -0.2) is 39.2 Å². The topological polar surface area (TPSA) is 44.8 Å². The highest BCUT2D eigenvalue weighted by Gasteiger charge is 2.30. The zero-order valence-electron chi connectivity index (χ0n) is 18.0. The fraction of sp³-hybridized carbons (Fsp3) is 0.208. The van der Waals surface area contributed by atoms with E-state index in [0.29, 0.717) is 30.1 Å². The third-order valence-electron chi connectivity index (χ3n) is 5.63. The molecule has 3 aromatic carbocycles. The molecule has 3 aromatic rings. The van der Waals surface area contributed by atoms with Gasteiger partial charge in [-0.15, -0.1) is 0 Å². The van der Waals surface area contributed by atoms with Crippen LogP contribution in [0.3, 0.4) is 0 Å². The molecule has 0 unspecified atom stereocenters. The molecule has 1 amide bonds. The average molecular weight is 477 g/mol. The van der Waals surface area contributed by atoms with Gasteiger partial charge in [0.05, 0.1) is 7.11 Å². The molecule has 0 saturated carbocycles. The quantitative estimate of drug-likeness (QED) is 0.320. The summed E-state index contributed by atoms with van der Waals surface area (Å²) in [5.41, 5.74) is 0.922. The van der Waals surface area contributed by atoms with Gasteiger partial charge in [0.1, 0.15) is 11.4 Å². The van der Waals surface area contributed by atoms with Crippen molar-refractivity contribution in [1.82, 2.24) is 0 Å². The van der Waals surface area contributed by atoms with Crippen molar-refractivity contribution in [2.75, 3.05) is 48.4 Å². The van der Waals surface area contributed by atoms with Crippen LogP contribution in [0.2, 0.25) is 0 Å². The standard InChI is InChI=1S/C24H20F5N3O2/c1-34-17-8-2-14(3-9-17)24(33)30-15-4-6-16(7-5-15)31-10-12-32(13-11-31)23-21(28)19(26)18(25)20(27)22(23)29/h2-9H,10-13H2,1H3,(H,30,33). The Morgan fingerprint density at radius 1 is 0.735 bits per heavy atom. The van der Waals surface area contributed by atoms with E-state index in [2.05, 4.69) is 5.32 Å². The van der Waals surface area contributed by atoms with E-state index in [1.165, 1.54) is 7.11 Å². The molecule has 0 radical (unpaired) electrons. The first-order valence-electron chi connectivity index (χ1n) is 10.4. The first kappa shape index (κ1) is 23.3. The van der Waals surface area contributed by atoms with Crippen LogP contribution >= 0.6 is 0 Å². The van der Waals surface area contributed by atoms with Crippen molar-refractivity contribution in [3.05, 3.63) is 83.2 Å². The lowest BCUT2D eigenvalue weighted by Crippen LogP contribution is -2.47. The highest BCUT2D eigenvalue weighted by molar-refractivity contribution is 6.04. The largest absolute Gasteiger partial charge is 0.497 e. The predicted molar refractivity (Wildman–Crippen MR) is 118 cm³/mol. The number of ether oxygens (including phenoxy) is 1. The number of carbonyl (C=O) groups excluding carboxylic acids is 1. The molecule has 34 heavy (non-hydrogen) atoms. The Bertz CT molecular complexity index is 1170. The Balaban J connectivity index is 1.39. The Labute approximate surface area is 192 Å². The van der Waals surface area contributed by atoms with Crippen molar-refractivity contribution >= 4 is 23.0 Å². The Hall–Kier alpha value is -3.82. The Morgan fingerprint density at radius 3 is 1.76 bits per heavy atom. The first-order valence-corrected chi connectivity index (χ1v) is 10.4. The lowest BCUT2D eigenvalue weighted by Gasteiger charge is -2.37. The average Bonchev–Trinajstić information content (AvgIpc) is 2.87. The zero-order valence-corrected chi connectivity index (χ0v) is 18.0. The van der Waals surface area contributed by atoms with Gasteiger partial charge in [-0.3, -0.25) is 4.79 Å². The van der Waals surface area contributed by atoms with E-state index in [-0.39, 0.29) is 19.0 Å². The zero-order chi connectivity index (χ0) is 24.4. The summed E-state index contributed by atoms with van der Waals surface area (Å²) in [6.07, 6.45) is 0. The van der Waals surface area contributed by atoms with Gasteiger partial charge in [-0.2, -0.15) is 0 Å². The van der Waals surface area contributed by atoms with E-state index in [1.54, 1.807) is 48.5 Å². The predicted octanol–water partition coefficient (Wildman–Crippen LogP) is 4.97. The SMILES string of the molecule is COc1ccc(C(=O)Nc2ccc(N3CCN(c4c(F)c(F)c(F)c(F)c4F)CC3)cc2)cc1. The molecule has 4 rings (SSSR count). The molecular weight excluding hydrogens is 457 g/mol. The number of benzene rings is 3. The third kappa shape index (κ3) is 4.48. The number of halogens is 5. The maximum atomic E-state index is 14.1. The maximum absolute atomic E-state index is 14.1. The summed E-state index contributed by atoms with van der Waals surface area (Å²) in [6.45, 7) is 0.733. The number of piperazine rings is 1. The van der Waals surface area contributed by atoms with Gasteiger partial charge in [0.2, 0.25) is 5.82 Å². The number of amides is 1. The van der Waals surface area contributed by atoms with Crippen molar-refractivity contribution in [1.29, 1.82) is 0 Å². The number of hydrogen-bond acceptors (Lipinski definition) is 4. The Kier molecular flexibility index (Phi) is 6.58. The van der Waals surface area contributed by atoms with Gasteiger partial charge in [-0.25, -0.2) is 22.0 Å². The van der Waals surface area contributed by atoms with Crippen LogP contribution in [0.1, 0.15) is 10.4 Å². The maximum Gasteiger partial charge on any atom is 0.255 e. The molecule has 1 aliphatic rings. The lowest BCUT2D eigenvalue weighted by molar-refractivity contribution is 0.102. The van der Waals surface area contributed by atoms with Crippen molar-refractivity contribution < 1.29 is 31.5 Å². The summed E-state index contributed by atoms with van der Waals surface area (Å²) in [4.78, 5) is 15.5. The second-order valence-electron chi connectivity index (χ2n) is 7.62. The monoisotopic (exact) mass is 477 g/mol. The van der Waals surface area contributed by atoms with Gasteiger partial charge in [0.25, 0.3) is 5.91 Å². The van der Waals surface area contributed by atoms with E-state index >= 15 is 0 Å². The summed E-state index contributed by atoms with van der Waals surface area (Å²) >= 11 is 0. The van der Waals surface area contributed by atoms with Crippen molar-refractivity contribution in [2.24, 2.45) is 0 Å². The summed E-state index contributed by atoms with van der Waals surface area (Å²) in [7, 11) is 1.54. The number of carbonyl (C=O) groups is 1. The number of nitrogens with one attached hydrogen (secondary N) is 1. The molecule has 10 heteroatoms. The van der Waals surface area contributed by atoms with Crippen LogP contribution in [0.15, 0.2) is 48.5 Å². The molecule has 1 heterocycles. The minimum atomic E-state index is -2.17. The highest BCUT2D eigenvalue weighted by Crippen LogP contribution is 2.31. The van der Waals surface area contributed by atoms with Gasteiger partial charge in [-0.1, -0.05) is 0 Å². The van der Waals surface area contributed by atoms with Gasteiger partial charge in [0.15, 0.2) is 23.3 Å². The molecule has 5 nitrogen and oxygen atoms in total. The third-order valence-corrected chi connectivity index (χ3v) is 5.63. The fourth-order valence-electron chi connectivity index (χ4n) is 3.76. The van der Waals surface area contributed by atoms with Crippen molar-refractivity contribution in [3.63, 3.8) is 0 Å². The van der Waals surface area contributed by atoms with Gasteiger partial charge in [-0.05, 0) is 48.5 Å². The molecule has 1 aliphatic heterocycles. The van der Waals surface area contributed by atoms with Crippen LogP contribution in [0, 0.1) is 29.1 Å². The number of rotatable bonds is 5. The normalized spacial score (nSPS) is 13.7. The van der Waals surface area contributed by atoms with Crippen LogP contribution in [0.25, 0.3) is 0 Å². The lowest BCUT2D eigenvalue weighted by atomic mass is 10.1. The molecule has 0 aliphatic carbocycles. The summed E-state index contributed by atoms with van der Waals surface area (Å²) in [6, 6.07) is 13.6. The smallest absolute Gasteiger partial charge is 0.255 e. The fourth-order valence-corrected chi connectivity index (χ4v) is 3.76. The highest BCUT2D eigenvalue weighted by atomic mass is 19.2. The van der Waals surface area contributed by atoms with Gasteiger partial charge < -0.3 is 19.9 Å². The van der Waals surface area contributed by atoms with E-state index < -0.39 is 34.8 Å². The minimum absolute atomic E-state index is 0.0638. The molecule has 0 bridgehead atoms. The molecular formula is C24H20F5N3O2. The molecule has 0 aromatic heterocycles. The van der Waals surface area contributed by atoms with Crippen LogP contribution in [-0.2, 0) is 0 Å². The van der Waals surface area contributed by atoms with Crippen molar-refractivity contribution in [3.8, 4) is 5.75 Å². The molecule has 0 spiro atoms. The second kappa shape index (κ2) is 9.58. The number of hydrogen-bond donors (Lipinski definition) is 1. The summed E-state index contributed by atoms with van der Waals surface area (Å²) in [5.74, 6) is -9.39. The van der Waals surface area contributed by atoms with Crippen LogP contribution in [0.5, 0.6) is 5.75 Å². The van der Waals surface area contributed by atoms with E-state index in [4.69, 9.17) is 4.74 Å². The van der Waals surface area contributed by atoms with Crippen LogP contribution in [0.4, 0.5) is 39.0 Å². The van der Waals surface area contributed by atoms with E-state index in [9.17, 15) is 26.7 Å². The number of anilines is 3. The first-order chi connectivity index (χ1) is 16.3. The molecule has 1 fully saturated rings. The molecule has 1 saturated heterocycles. The minimum Gasteiger partial charge on any atom is -0.497 e. The number of nitrogens with zero attached hydrogens (tertiary/aromatic N) is 2. The summed E-state index contributed by atoms with van der Waals surface area (Å²) in [5, 5.41) is 2.79. The van der Waals surface area contributed by atoms with Gasteiger partial charge >= 0.3 is 0 Å². The Morgan fingerprint density at radius 2 is 1.24 bits per heavy atom. The van der Waals surface area contributed by atoms with Gasteiger partial charge in [0, 0.05) is 43.1 Å². The summed E-state index contributed by atoms with van der Waals surface area (Å²) < 4.78 is 73.6. The van der Waals surface area contributed by atoms with E-state index in [0.717, 1.165) is 10.6 Å². The van der Waals surface area contributed by atoms with Crippen LogP contribution < -0.4 is 19.9 Å².